The van der Waals surface area contributed by atoms with Gasteiger partial charge >= 0.3 is 6.18 Å². The molecule has 0 aromatic heterocycles. The Morgan fingerprint density at radius 3 is 1.77 bits per heavy atom. The average molecular weight is 378 g/mol. The molecule has 144 valence electrons. The summed E-state index contributed by atoms with van der Waals surface area (Å²) >= 11 is 0. The van der Waals surface area contributed by atoms with E-state index in [4.69, 9.17) is 0 Å². The van der Waals surface area contributed by atoms with Crippen LogP contribution >= 0.6 is 0 Å². The first-order valence-corrected chi connectivity index (χ1v) is 7.22. The summed E-state index contributed by atoms with van der Waals surface area (Å²) in [7, 11) is 1.29. The number of likely N-dealkylation sites (N-methyl/N-ethyl adjacent to an activating group) is 1. The molecule has 0 saturated heterocycles. The Balaban J connectivity index is 3.70. The first kappa shape index (κ1) is 21.1. The number of nitro groups is 2. The van der Waals surface area contributed by atoms with Crippen molar-refractivity contribution in [3.8, 4) is 0 Å². The van der Waals surface area contributed by atoms with Crippen LogP contribution in [0.5, 0.6) is 0 Å². The van der Waals surface area contributed by atoms with Crippen molar-refractivity contribution in [1.82, 2.24) is 5.32 Å². The summed E-state index contributed by atoms with van der Waals surface area (Å²) in [4.78, 5) is 32.2. The predicted octanol–water partition coefficient (Wildman–Crippen LogP) is 3.09. The molecule has 2 N–H and O–H groups in total. The molecule has 12 heteroatoms. The number of carbonyl (C=O) groups is 1. The number of alkyl halides is 3. The van der Waals surface area contributed by atoms with Crippen molar-refractivity contribution in [3.63, 3.8) is 0 Å². The topological polar surface area (TPSA) is 127 Å². The predicted molar refractivity (Wildman–Crippen MR) is 85.7 cm³/mol. The smallest absolute Gasteiger partial charge is 0.362 e. The summed E-state index contributed by atoms with van der Waals surface area (Å²) in [6.07, 6.45) is -5.02. The van der Waals surface area contributed by atoms with Gasteiger partial charge in [-0.25, -0.2) is 0 Å². The van der Waals surface area contributed by atoms with Crippen LogP contribution in [-0.2, 0) is 11.0 Å². The van der Waals surface area contributed by atoms with Gasteiger partial charge in [-0.3, -0.25) is 25.0 Å². The van der Waals surface area contributed by atoms with Crippen LogP contribution in [0.2, 0.25) is 0 Å². The molecule has 1 aromatic carbocycles. The molecule has 1 atom stereocenters. The number of rotatable bonds is 5. The number of anilines is 1. The highest BCUT2D eigenvalue weighted by molar-refractivity contribution is 5.88. The van der Waals surface area contributed by atoms with Gasteiger partial charge in [0.1, 0.15) is 6.04 Å². The lowest BCUT2D eigenvalue weighted by Crippen LogP contribution is -2.46. The highest BCUT2D eigenvalue weighted by Gasteiger charge is 2.40. The summed E-state index contributed by atoms with van der Waals surface area (Å²) in [5.41, 5.74) is -5.45. The second-order valence-corrected chi connectivity index (χ2v) is 6.46. The van der Waals surface area contributed by atoms with E-state index in [1.165, 1.54) is 7.05 Å². The molecule has 0 saturated carbocycles. The van der Waals surface area contributed by atoms with Crippen LogP contribution in [0.15, 0.2) is 12.1 Å². The second kappa shape index (κ2) is 7.14. The number of halogens is 3. The molecule has 26 heavy (non-hydrogen) atoms. The Labute approximate surface area is 145 Å². The summed E-state index contributed by atoms with van der Waals surface area (Å²) in [6.45, 7) is 4.75. The third-order valence-corrected chi connectivity index (χ3v) is 3.48. The lowest BCUT2D eigenvalue weighted by atomic mass is 9.85. The molecule has 9 nitrogen and oxygen atoms in total. The molecule has 1 amide bonds. The van der Waals surface area contributed by atoms with Gasteiger partial charge in [0.05, 0.1) is 15.4 Å². The average Bonchev–Trinajstić information content (AvgIpc) is 2.48. The molecular weight excluding hydrogens is 361 g/mol. The van der Waals surface area contributed by atoms with Crippen molar-refractivity contribution in [2.24, 2.45) is 5.41 Å². The van der Waals surface area contributed by atoms with Gasteiger partial charge in [0, 0.05) is 19.2 Å². The Bertz CT molecular complexity index is 708. The maximum atomic E-state index is 12.9. The van der Waals surface area contributed by atoms with E-state index < -0.39 is 56.0 Å². The van der Waals surface area contributed by atoms with Gasteiger partial charge in [-0.2, -0.15) is 13.2 Å². The van der Waals surface area contributed by atoms with Crippen molar-refractivity contribution in [3.05, 3.63) is 37.9 Å². The van der Waals surface area contributed by atoms with Gasteiger partial charge < -0.3 is 10.6 Å². The number of amides is 1. The fourth-order valence-corrected chi connectivity index (χ4v) is 2.18. The number of nitrogens with one attached hydrogen (secondary N) is 2. The molecule has 0 unspecified atom stereocenters. The van der Waals surface area contributed by atoms with Gasteiger partial charge in [0.2, 0.25) is 5.91 Å². The number of nitrogens with zero attached hydrogens (tertiary/aromatic N) is 2. The van der Waals surface area contributed by atoms with Crippen LogP contribution in [0, 0.1) is 25.6 Å². The van der Waals surface area contributed by atoms with Crippen LogP contribution in [0.3, 0.4) is 0 Å². The number of hydrogen-bond acceptors (Lipinski definition) is 6. The maximum Gasteiger partial charge on any atom is 0.416 e. The zero-order valence-electron chi connectivity index (χ0n) is 14.3. The van der Waals surface area contributed by atoms with Gasteiger partial charge in [0.15, 0.2) is 5.69 Å². The number of hydrogen-bond donors (Lipinski definition) is 2. The summed E-state index contributed by atoms with van der Waals surface area (Å²) in [6, 6.07) is -0.792. The monoisotopic (exact) mass is 378 g/mol. The molecule has 0 aliphatic rings. The first-order chi connectivity index (χ1) is 11.7. The molecule has 1 rings (SSSR count). The van der Waals surface area contributed by atoms with Crippen LogP contribution in [0.4, 0.5) is 30.2 Å². The molecule has 0 aliphatic carbocycles. The second-order valence-electron chi connectivity index (χ2n) is 6.46. The van der Waals surface area contributed by atoms with Crippen LogP contribution in [0.25, 0.3) is 0 Å². The van der Waals surface area contributed by atoms with Crippen LogP contribution < -0.4 is 10.6 Å². The van der Waals surface area contributed by atoms with E-state index in [2.05, 4.69) is 10.6 Å². The minimum absolute atomic E-state index is 0.193. The van der Waals surface area contributed by atoms with Gasteiger partial charge in [-0.05, 0) is 5.41 Å². The van der Waals surface area contributed by atoms with Crippen molar-refractivity contribution in [1.29, 1.82) is 0 Å². The highest BCUT2D eigenvalue weighted by atomic mass is 19.4. The summed E-state index contributed by atoms with van der Waals surface area (Å²) in [5, 5.41) is 27.1. The molecule has 0 heterocycles. The lowest BCUT2D eigenvalue weighted by Gasteiger charge is -2.30. The largest absolute Gasteiger partial charge is 0.416 e. The lowest BCUT2D eigenvalue weighted by molar-refractivity contribution is -0.392. The zero-order valence-corrected chi connectivity index (χ0v) is 14.3. The van der Waals surface area contributed by atoms with Gasteiger partial charge in [-0.1, -0.05) is 20.8 Å². The Morgan fingerprint density at radius 1 is 1.08 bits per heavy atom. The van der Waals surface area contributed by atoms with Gasteiger partial charge in [-0.15, -0.1) is 0 Å². The quantitative estimate of drug-likeness (QED) is 0.599. The minimum Gasteiger partial charge on any atom is -0.362 e. The minimum atomic E-state index is -5.02. The Morgan fingerprint density at radius 2 is 1.50 bits per heavy atom. The number of carbonyl (C=O) groups excluding carboxylic acids is 1. The SMILES string of the molecule is CNC(=O)[C@@H](Nc1c([N+](=O)[O-])cc(C(F)(F)F)cc1[N+](=O)[O-])C(C)(C)C. The van der Waals surface area contributed by atoms with Crippen molar-refractivity contribution < 1.29 is 27.8 Å². The van der Waals surface area contributed by atoms with E-state index in [0.717, 1.165) is 0 Å². The van der Waals surface area contributed by atoms with Gasteiger partial charge in [0.25, 0.3) is 11.4 Å². The third kappa shape index (κ3) is 4.58. The molecule has 1 aromatic rings. The van der Waals surface area contributed by atoms with E-state index in [1.807, 2.05) is 0 Å². The van der Waals surface area contributed by atoms with E-state index in [1.54, 1.807) is 20.8 Å². The molecular formula is C14H17F3N4O5. The fourth-order valence-electron chi connectivity index (χ4n) is 2.18. The fraction of sp³-hybridized carbons (Fsp3) is 0.500. The number of benzene rings is 1. The van der Waals surface area contributed by atoms with Crippen LogP contribution in [0.1, 0.15) is 26.3 Å². The molecule has 0 radical (unpaired) electrons. The van der Waals surface area contributed by atoms with E-state index in [0.29, 0.717) is 0 Å². The van der Waals surface area contributed by atoms with E-state index in [-0.39, 0.29) is 12.1 Å². The Hall–Kier alpha value is -2.92. The maximum absolute atomic E-state index is 12.9. The normalized spacial score (nSPS) is 13.0. The van der Waals surface area contributed by atoms with Crippen molar-refractivity contribution in [2.45, 2.75) is 33.0 Å². The van der Waals surface area contributed by atoms with Crippen molar-refractivity contribution >= 4 is 23.0 Å². The molecule has 0 fully saturated rings. The van der Waals surface area contributed by atoms with E-state index in [9.17, 15) is 38.2 Å². The van der Waals surface area contributed by atoms with Crippen molar-refractivity contribution in [2.75, 3.05) is 12.4 Å². The number of nitro benzene ring substituents is 2. The molecule has 0 aliphatic heterocycles. The Kier molecular flexibility index (Phi) is 5.80. The highest BCUT2D eigenvalue weighted by Crippen LogP contribution is 2.42. The first-order valence-electron chi connectivity index (χ1n) is 7.22. The zero-order chi connectivity index (χ0) is 20.4. The summed E-state index contributed by atoms with van der Waals surface area (Å²) in [5.74, 6) is -0.638. The summed E-state index contributed by atoms with van der Waals surface area (Å²) < 4.78 is 38.7. The molecule has 0 bridgehead atoms. The molecule has 0 spiro atoms. The third-order valence-electron chi connectivity index (χ3n) is 3.48. The standard InChI is InChI=1S/C14H17F3N4O5/c1-13(2,3)11(12(22)18-4)19-10-8(20(23)24)5-7(14(15,16)17)6-9(10)21(25)26/h5-6,11,19H,1-4H3,(H,18,22)/t11-/m1/s1. The van der Waals surface area contributed by atoms with Crippen LogP contribution in [-0.4, -0.2) is 28.8 Å². The van der Waals surface area contributed by atoms with E-state index >= 15 is 0 Å².